The van der Waals surface area contributed by atoms with Crippen LogP contribution in [0.1, 0.15) is 13.8 Å². The Morgan fingerprint density at radius 3 is 2.62 bits per heavy atom. The summed E-state index contributed by atoms with van der Waals surface area (Å²) in [6.07, 6.45) is 0. The lowest BCUT2D eigenvalue weighted by Crippen LogP contribution is -2.24. The first-order valence-electron chi connectivity index (χ1n) is 5.41. The van der Waals surface area contributed by atoms with Gasteiger partial charge in [0, 0.05) is 13.1 Å². The van der Waals surface area contributed by atoms with Crippen LogP contribution in [0.15, 0.2) is 33.5 Å². The van der Waals surface area contributed by atoms with Gasteiger partial charge in [0.1, 0.15) is 0 Å². The van der Waals surface area contributed by atoms with Gasteiger partial charge in [0.05, 0.1) is 10.9 Å². The minimum atomic E-state index is -0.326. The molecule has 0 amide bonds. The maximum absolute atomic E-state index is 11.7. The van der Waals surface area contributed by atoms with Gasteiger partial charge in [-0.15, -0.1) is 0 Å². The van der Waals surface area contributed by atoms with E-state index < -0.39 is 0 Å². The van der Waals surface area contributed by atoms with Gasteiger partial charge < -0.3 is 9.32 Å². The summed E-state index contributed by atoms with van der Waals surface area (Å²) in [4.78, 5) is 18.0. The quantitative estimate of drug-likeness (QED) is 0.790. The smallest absolute Gasteiger partial charge is 0.348 e. The molecule has 0 aliphatic heterocycles. The zero-order valence-corrected chi connectivity index (χ0v) is 9.43. The number of aromatic nitrogens is 1. The standard InChI is InChI=1S/C12H14N2O2/c1-3-14(4-2)12-13-10-8-6-5-7-9(10)11(15)16-12/h5-8H,3-4H2,1-2H3. The molecule has 0 fully saturated rings. The largest absolute Gasteiger partial charge is 0.389 e. The Labute approximate surface area is 93.5 Å². The van der Waals surface area contributed by atoms with E-state index in [0.717, 1.165) is 13.1 Å². The third-order valence-electron chi connectivity index (χ3n) is 2.56. The summed E-state index contributed by atoms with van der Waals surface area (Å²) in [5.41, 5.74) is 0.355. The molecule has 0 aliphatic rings. The average Bonchev–Trinajstić information content (AvgIpc) is 2.31. The number of hydrogen-bond acceptors (Lipinski definition) is 4. The van der Waals surface area contributed by atoms with Gasteiger partial charge in [-0.1, -0.05) is 12.1 Å². The number of benzene rings is 1. The van der Waals surface area contributed by atoms with Gasteiger partial charge in [0.15, 0.2) is 0 Å². The molecule has 16 heavy (non-hydrogen) atoms. The molecule has 1 aromatic heterocycles. The second-order valence-corrected chi connectivity index (χ2v) is 3.47. The Kier molecular flexibility index (Phi) is 2.90. The lowest BCUT2D eigenvalue weighted by Gasteiger charge is -2.17. The van der Waals surface area contributed by atoms with E-state index in [0.29, 0.717) is 16.9 Å². The molecule has 2 aromatic rings. The summed E-state index contributed by atoms with van der Waals surface area (Å²) < 4.78 is 5.19. The predicted octanol–water partition coefficient (Wildman–Crippen LogP) is 2.03. The van der Waals surface area contributed by atoms with Crippen molar-refractivity contribution >= 4 is 16.9 Å². The van der Waals surface area contributed by atoms with E-state index in [9.17, 15) is 4.79 Å². The minimum Gasteiger partial charge on any atom is -0.389 e. The zero-order chi connectivity index (χ0) is 11.5. The summed E-state index contributed by atoms with van der Waals surface area (Å²) in [5.74, 6) is 0. The highest BCUT2D eigenvalue weighted by molar-refractivity contribution is 5.77. The normalized spacial score (nSPS) is 10.6. The van der Waals surface area contributed by atoms with Crippen molar-refractivity contribution in [2.24, 2.45) is 0 Å². The molecule has 0 radical (unpaired) electrons. The highest BCUT2D eigenvalue weighted by atomic mass is 16.4. The molecule has 0 saturated heterocycles. The van der Waals surface area contributed by atoms with Gasteiger partial charge in [-0.2, -0.15) is 4.98 Å². The lowest BCUT2D eigenvalue weighted by atomic mass is 10.2. The van der Waals surface area contributed by atoms with Gasteiger partial charge in [-0.3, -0.25) is 0 Å². The number of hydrogen-bond donors (Lipinski definition) is 0. The molecule has 0 saturated carbocycles. The summed E-state index contributed by atoms with van der Waals surface area (Å²) in [6, 6.07) is 7.60. The SMILES string of the molecule is CCN(CC)c1nc2ccccc2c(=O)o1. The van der Waals surface area contributed by atoms with Crippen molar-refractivity contribution in [1.82, 2.24) is 4.98 Å². The van der Waals surface area contributed by atoms with Crippen molar-refractivity contribution in [3.05, 3.63) is 34.7 Å². The molecule has 0 bridgehead atoms. The van der Waals surface area contributed by atoms with E-state index in [1.807, 2.05) is 30.9 Å². The Morgan fingerprint density at radius 1 is 1.25 bits per heavy atom. The van der Waals surface area contributed by atoms with Crippen LogP contribution < -0.4 is 10.5 Å². The highest BCUT2D eigenvalue weighted by Crippen LogP contribution is 2.13. The number of para-hydroxylation sites is 1. The van der Waals surface area contributed by atoms with E-state index >= 15 is 0 Å². The summed E-state index contributed by atoms with van der Waals surface area (Å²) in [5, 5.41) is 0.526. The minimum absolute atomic E-state index is 0.326. The Hall–Kier alpha value is -1.84. The molecule has 1 heterocycles. The fraction of sp³-hybridized carbons (Fsp3) is 0.333. The Balaban J connectivity index is 2.62. The first-order valence-corrected chi connectivity index (χ1v) is 5.41. The maximum Gasteiger partial charge on any atom is 0.348 e. The molecule has 84 valence electrons. The van der Waals surface area contributed by atoms with Crippen LogP contribution in [0.25, 0.3) is 10.9 Å². The number of anilines is 1. The summed E-state index contributed by atoms with van der Waals surface area (Å²) >= 11 is 0. The highest BCUT2D eigenvalue weighted by Gasteiger charge is 2.09. The van der Waals surface area contributed by atoms with E-state index in [1.54, 1.807) is 12.1 Å². The van der Waals surface area contributed by atoms with Crippen molar-refractivity contribution in [3.8, 4) is 0 Å². The summed E-state index contributed by atoms with van der Waals surface area (Å²) in [7, 11) is 0. The van der Waals surface area contributed by atoms with Crippen LogP contribution >= 0.6 is 0 Å². The Morgan fingerprint density at radius 2 is 1.94 bits per heavy atom. The average molecular weight is 218 g/mol. The molecule has 0 unspecified atom stereocenters. The second kappa shape index (κ2) is 4.35. The molecule has 0 aliphatic carbocycles. The summed E-state index contributed by atoms with van der Waals surface area (Å²) in [6.45, 7) is 5.54. The van der Waals surface area contributed by atoms with Crippen LogP contribution in [0.4, 0.5) is 6.01 Å². The van der Waals surface area contributed by atoms with Gasteiger partial charge in [0.2, 0.25) is 0 Å². The molecule has 4 nitrogen and oxygen atoms in total. The predicted molar refractivity (Wildman–Crippen MR) is 63.8 cm³/mol. The monoisotopic (exact) mass is 218 g/mol. The van der Waals surface area contributed by atoms with Crippen molar-refractivity contribution in [3.63, 3.8) is 0 Å². The molecular formula is C12H14N2O2. The number of rotatable bonds is 3. The van der Waals surface area contributed by atoms with E-state index in [4.69, 9.17) is 4.42 Å². The number of nitrogens with zero attached hydrogens (tertiary/aromatic N) is 2. The zero-order valence-electron chi connectivity index (χ0n) is 9.43. The molecule has 4 heteroatoms. The van der Waals surface area contributed by atoms with Gasteiger partial charge >= 0.3 is 11.6 Å². The van der Waals surface area contributed by atoms with Crippen molar-refractivity contribution < 1.29 is 4.42 Å². The molecule has 1 aromatic carbocycles. The molecular weight excluding hydrogens is 204 g/mol. The number of fused-ring (bicyclic) bond motifs is 1. The van der Waals surface area contributed by atoms with E-state index in [2.05, 4.69) is 4.98 Å². The van der Waals surface area contributed by atoms with Gasteiger partial charge in [-0.25, -0.2) is 4.79 Å². The fourth-order valence-corrected chi connectivity index (χ4v) is 1.64. The van der Waals surface area contributed by atoms with Crippen LogP contribution in [0.3, 0.4) is 0 Å². The molecule has 0 N–H and O–H groups in total. The first-order chi connectivity index (χ1) is 7.76. The molecule has 0 spiro atoms. The first kappa shape index (κ1) is 10.7. The fourth-order valence-electron chi connectivity index (χ4n) is 1.64. The van der Waals surface area contributed by atoms with Crippen molar-refractivity contribution in [1.29, 1.82) is 0 Å². The van der Waals surface area contributed by atoms with Gasteiger partial charge in [-0.05, 0) is 26.0 Å². The molecule has 0 atom stereocenters. The van der Waals surface area contributed by atoms with Crippen LogP contribution in [0.2, 0.25) is 0 Å². The Bertz CT molecular complexity index is 544. The van der Waals surface area contributed by atoms with Crippen LogP contribution in [-0.2, 0) is 0 Å². The van der Waals surface area contributed by atoms with Crippen LogP contribution in [0, 0.1) is 0 Å². The lowest BCUT2D eigenvalue weighted by molar-refractivity contribution is 0.490. The molecule has 2 rings (SSSR count). The van der Waals surface area contributed by atoms with Crippen molar-refractivity contribution in [2.75, 3.05) is 18.0 Å². The van der Waals surface area contributed by atoms with Crippen LogP contribution in [0.5, 0.6) is 0 Å². The maximum atomic E-state index is 11.7. The third-order valence-corrected chi connectivity index (χ3v) is 2.56. The van der Waals surface area contributed by atoms with Crippen molar-refractivity contribution in [2.45, 2.75) is 13.8 Å². The second-order valence-electron chi connectivity index (χ2n) is 3.47. The van der Waals surface area contributed by atoms with Crippen LogP contribution in [-0.4, -0.2) is 18.1 Å². The topological polar surface area (TPSA) is 46.3 Å². The van der Waals surface area contributed by atoms with Gasteiger partial charge in [0.25, 0.3) is 0 Å². The third kappa shape index (κ3) is 1.78. The van der Waals surface area contributed by atoms with E-state index in [-0.39, 0.29) is 5.63 Å². The van der Waals surface area contributed by atoms with E-state index in [1.165, 1.54) is 0 Å².